The van der Waals surface area contributed by atoms with Crippen molar-refractivity contribution in [2.24, 2.45) is 0 Å². The maximum Gasteiger partial charge on any atom is 0.246 e. The van der Waals surface area contributed by atoms with Crippen LogP contribution in [0.4, 0.5) is 4.39 Å². The van der Waals surface area contributed by atoms with Crippen molar-refractivity contribution in [3.05, 3.63) is 70.8 Å². The van der Waals surface area contributed by atoms with E-state index in [0.29, 0.717) is 19.6 Å². The van der Waals surface area contributed by atoms with Gasteiger partial charge in [-0.05, 0) is 17.7 Å². The number of H-pyrrole nitrogens is 1. The SMILES string of the molecule is O=C(C1NCCc2[nH]cnc21)N1Cc2cnn(Cc3ccc(F)cc3)c2C1. The van der Waals surface area contributed by atoms with Gasteiger partial charge in [0, 0.05) is 30.8 Å². The van der Waals surface area contributed by atoms with Crippen LogP contribution in [0, 0.1) is 5.82 Å². The molecule has 2 N–H and O–H groups in total. The lowest BCUT2D eigenvalue weighted by molar-refractivity contribution is -0.134. The predicted molar refractivity (Wildman–Crippen MR) is 95.0 cm³/mol. The zero-order chi connectivity index (χ0) is 18.4. The fourth-order valence-corrected chi connectivity index (χ4v) is 3.87. The van der Waals surface area contributed by atoms with Gasteiger partial charge in [0.2, 0.25) is 5.91 Å². The number of nitrogens with one attached hydrogen (secondary N) is 2. The van der Waals surface area contributed by atoms with Gasteiger partial charge < -0.3 is 15.2 Å². The first-order valence-corrected chi connectivity index (χ1v) is 9.01. The number of hydrogen-bond donors (Lipinski definition) is 2. The zero-order valence-corrected chi connectivity index (χ0v) is 14.7. The number of rotatable bonds is 3. The van der Waals surface area contributed by atoms with Gasteiger partial charge in [0.1, 0.15) is 11.9 Å². The fraction of sp³-hybridized carbons (Fsp3) is 0.316. The summed E-state index contributed by atoms with van der Waals surface area (Å²) < 4.78 is 15.0. The summed E-state index contributed by atoms with van der Waals surface area (Å²) in [5, 5.41) is 7.73. The molecule has 27 heavy (non-hydrogen) atoms. The maximum absolute atomic E-state index is 13.1. The molecule has 2 aliphatic rings. The summed E-state index contributed by atoms with van der Waals surface area (Å²) in [6.07, 6.45) is 4.32. The van der Waals surface area contributed by atoms with E-state index in [9.17, 15) is 9.18 Å². The molecule has 4 heterocycles. The first kappa shape index (κ1) is 16.2. The molecular formula is C19H19FN6O. The van der Waals surface area contributed by atoms with Gasteiger partial charge in [-0.3, -0.25) is 9.48 Å². The second kappa shape index (κ2) is 6.31. The molecule has 0 fully saturated rings. The zero-order valence-electron chi connectivity index (χ0n) is 14.7. The molecule has 8 heteroatoms. The average Bonchev–Trinajstić information content (AvgIpc) is 3.39. The van der Waals surface area contributed by atoms with Crippen molar-refractivity contribution >= 4 is 5.91 Å². The van der Waals surface area contributed by atoms with E-state index < -0.39 is 6.04 Å². The summed E-state index contributed by atoms with van der Waals surface area (Å²) in [6.45, 7) is 2.39. The Labute approximate surface area is 155 Å². The molecule has 2 aliphatic heterocycles. The van der Waals surface area contributed by atoms with Gasteiger partial charge in [0.05, 0.1) is 37.0 Å². The van der Waals surface area contributed by atoms with Crippen LogP contribution in [0.1, 0.15) is 34.3 Å². The topological polar surface area (TPSA) is 78.8 Å². The molecule has 0 aliphatic carbocycles. The number of imidazole rings is 1. The molecule has 138 valence electrons. The monoisotopic (exact) mass is 366 g/mol. The number of fused-ring (bicyclic) bond motifs is 2. The Morgan fingerprint density at radius 3 is 2.96 bits per heavy atom. The summed E-state index contributed by atoms with van der Waals surface area (Å²) in [6, 6.07) is 6.01. The number of aromatic nitrogens is 4. The molecule has 7 nitrogen and oxygen atoms in total. The predicted octanol–water partition coefficient (Wildman–Crippen LogP) is 1.52. The fourth-order valence-electron chi connectivity index (χ4n) is 3.87. The van der Waals surface area contributed by atoms with Crippen LogP contribution in [0.3, 0.4) is 0 Å². The molecule has 0 saturated carbocycles. The average molecular weight is 366 g/mol. The van der Waals surface area contributed by atoms with Gasteiger partial charge in [-0.15, -0.1) is 0 Å². The summed E-state index contributed by atoms with van der Waals surface area (Å²) in [4.78, 5) is 22.4. The lowest BCUT2D eigenvalue weighted by Crippen LogP contribution is -2.42. The number of nitrogens with zero attached hydrogens (tertiary/aromatic N) is 4. The number of amides is 1. The molecule has 0 spiro atoms. The van der Waals surface area contributed by atoms with Crippen molar-refractivity contribution < 1.29 is 9.18 Å². The molecule has 3 aromatic rings. The summed E-state index contributed by atoms with van der Waals surface area (Å²) in [5.74, 6) is -0.216. The molecule has 1 amide bonds. The quantitative estimate of drug-likeness (QED) is 0.737. The molecule has 1 aromatic carbocycles. The van der Waals surface area contributed by atoms with E-state index in [1.165, 1.54) is 12.1 Å². The Kier molecular flexibility index (Phi) is 3.78. The van der Waals surface area contributed by atoms with Gasteiger partial charge in [0.15, 0.2) is 0 Å². The molecule has 1 unspecified atom stereocenters. The van der Waals surface area contributed by atoms with E-state index in [1.807, 2.05) is 15.8 Å². The lowest BCUT2D eigenvalue weighted by Gasteiger charge is -2.26. The number of benzene rings is 1. The maximum atomic E-state index is 13.1. The molecule has 0 radical (unpaired) electrons. The van der Waals surface area contributed by atoms with E-state index >= 15 is 0 Å². The molecule has 0 saturated heterocycles. The van der Waals surface area contributed by atoms with Gasteiger partial charge >= 0.3 is 0 Å². The first-order chi connectivity index (χ1) is 13.2. The van der Waals surface area contributed by atoms with Crippen molar-refractivity contribution in [1.82, 2.24) is 30.0 Å². The standard InChI is InChI=1S/C19H19FN6O/c20-14-3-1-12(2-4-14)8-26-16-10-25(9-13(16)7-24-26)19(27)18-17-15(5-6-21-18)22-11-23-17/h1-4,7,11,18,21H,5-6,8-10H2,(H,22,23). The summed E-state index contributed by atoms with van der Waals surface area (Å²) >= 11 is 0. The summed E-state index contributed by atoms with van der Waals surface area (Å²) in [7, 11) is 0. The minimum atomic E-state index is -0.400. The van der Waals surface area contributed by atoms with Crippen LogP contribution < -0.4 is 5.32 Å². The van der Waals surface area contributed by atoms with Crippen LogP contribution in [0.25, 0.3) is 0 Å². The van der Waals surface area contributed by atoms with E-state index in [1.54, 1.807) is 18.5 Å². The van der Waals surface area contributed by atoms with Crippen molar-refractivity contribution in [2.45, 2.75) is 32.1 Å². The minimum absolute atomic E-state index is 0.0348. The number of carbonyl (C=O) groups is 1. The Morgan fingerprint density at radius 2 is 2.11 bits per heavy atom. The van der Waals surface area contributed by atoms with Crippen molar-refractivity contribution in [2.75, 3.05) is 6.54 Å². The van der Waals surface area contributed by atoms with Crippen molar-refractivity contribution in [1.29, 1.82) is 0 Å². The second-order valence-electron chi connectivity index (χ2n) is 7.00. The molecule has 0 bridgehead atoms. The Balaban J connectivity index is 1.34. The Bertz CT molecular complexity index is 992. The van der Waals surface area contributed by atoms with Gasteiger partial charge in [-0.1, -0.05) is 12.1 Å². The van der Waals surface area contributed by atoms with E-state index in [0.717, 1.165) is 41.2 Å². The third kappa shape index (κ3) is 2.82. The van der Waals surface area contributed by atoms with E-state index in [2.05, 4.69) is 20.4 Å². The van der Waals surface area contributed by atoms with Crippen molar-refractivity contribution in [3.8, 4) is 0 Å². The highest BCUT2D eigenvalue weighted by Crippen LogP contribution is 2.28. The molecule has 5 rings (SSSR count). The van der Waals surface area contributed by atoms with Crippen LogP contribution in [0.15, 0.2) is 36.8 Å². The Hall–Kier alpha value is -3.00. The number of halogens is 1. The van der Waals surface area contributed by atoms with Gasteiger partial charge in [-0.2, -0.15) is 5.10 Å². The minimum Gasteiger partial charge on any atom is -0.348 e. The molecular weight excluding hydrogens is 347 g/mol. The smallest absolute Gasteiger partial charge is 0.246 e. The molecule has 2 aromatic heterocycles. The van der Waals surface area contributed by atoms with Crippen LogP contribution in [0.5, 0.6) is 0 Å². The van der Waals surface area contributed by atoms with Crippen LogP contribution in [-0.2, 0) is 30.8 Å². The first-order valence-electron chi connectivity index (χ1n) is 9.01. The number of hydrogen-bond acceptors (Lipinski definition) is 4. The van der Waals surface area contributed by atoms with Gasteiger partial charge in [0.25, 0.3) is 0 Å². The summed E-state index contributed by atoms with van der Waals surface area (Å²) in [5.41, 5.74) is 4.90. The highest BCUT2D eigenvalue weighted by atomic mass is 19.1. The van der Waals surface area contributed by atoms with Crippen LogP contribution in [0.2, 0.25) is 0 Å². The number of aromatic amines is 1. The highest BCUT2D eigenvalue weighted by molar-refractivity contribution is 5.83. The third-order valence-corrected chi connectivity index (χ3v) is 5.29. The van der Waals surface area contributed by atoms with E-state index in [4.69, 9.17) is 0 Å². The van der Waals surface area contributed by atoms with Gasteiger partial charge in [-0.25, -0.2) is 9.37 Å². The lowest BCUT2D eigenvalue weighted by atomic mass is 10.0. The van der Waals surface area contributed by atoms with Crippen LogP contribution in [-0.4, -0.2) is 37.1 Å². The third-order valence-electron chi connectivity index (χ3n) is 5.29. The largest absolute Gasteiger partial charge is 0.348 e. The van der Waals surface area contributed by atoms with Crippen LogP contribution >= 0.6 is 0 Å². The second-order valence-corrected chi connectivity index (χ2v) is 7.00. The molecule has 1 atom stereocenters. The van der Waals surface area contributed by atoms with Crippen molar-refractivity contribution in [3.63, 3.8) is 0 Å². The Morgan fingerprint density at radius 1 is 1.26 bits per heavy atom. The van der Waals surface area contributed by atoms with E-state index in [-0.39, 0.29) is 11.7 Å². The highest BCUT2D eigenvalue weighted by Gasteiger charge is 2.35. The normalized spacial score (nSPS) is 18.4. The number of carbonyl (C=O) groups excluding carboxylic acids is 1.